The van der Waals surface area contributed by atoms with Crippen molar-refractivity contribution in [1.82, 2.24) is 24.6 Å². The van der Waals surface area contributed by atoms with Gasteiger partial charge in [0.25, 0.3) is 5.91 Å². The van der Waals surface area contributed by atoms with E-state index in [1.54, 1.807) is 0 Å². The third-order valence-corrected chi connectivity index (χ3v) is 6.01. The van der Waals surface area contributed by atoms with Gasteiger partial charge in [-0.15, -0.1) is 0 Å². The average molecular weight is 469 g/mol. The fourth-order valence-corrected chi connectivity index (χ4v) is 4.28. The van der Waals surface area contributed by atoms with Crippen molar-refractivity contribution in [2.75, 3.05) is 31.1 Å². The second kappa shape index (κ2) is 9.58. The molecule has 178 valence electrons. The predicted octanol–water partition coefficient (Wildman–Crippen LogP) is 4.34. The van der Waals surface area contributed by atoms with Gasteiger partial charge in [0, 0.05) is 43.5 Å². The van der Waals surface area contributed by atoms with Gasteiger partial charge in [-0.05, 0) is 63.2 Å². The Hall–Kier alpha value is -4.20. The second-order valence-corrected chi connectivity index (χ2v) is 8.69. The Morgan fingerprint density at radius 3 is 2.11 bits per heavy atom. The van der Waals surface area contributed by atoms with Crippen molar-refractivity contribution in [1.29, 1.82) is 0 Å². The molecule has 1 aliphatic rings. The number of ether oxygens (including phenoxy) is 1. The Kier molecular flexibility index (Phi) is 6.18. The number of carbonyl (C=O) groups excluding carboxylic acids is 1. The zero-order chi connectivity index (χ0) is 24.4. The SMILES string of the molecule is Cc1cc(C)n(-c2cc(N3CCN(C(=O)c4ccc(Oc5ccccc5)cc4)CC3)nc(C)n2)n1. The number of rotatable bonds is 5. The van der Waals surface area contributed by atoms with Crippen LogP contribution in [0.15, 0.2) is 66.7 Å². The minimum atomic E-state index is 0.0260. The van der Waals surface area contributed by atoms with Crippen molar-refractivity contribution in [3.05, 3.63) is 89.5 Å². The number of aryl methyl sites for hydroxylation is 3. The second-order valence-electron chi connectivity index (χ2n) is 8.69. The summed E-state index contributed by atoms with van der Waals surface area (Å²) in [5.41, 5.74) is 2.64. The summed E-state index contributed by atoms with van der Waals surface area (Å²) in [5, 5.41) is 4.55. The molecule has 0 aliphatic carbocycles. The van der Waals surface area contributed by atoms with Crippen molar-refractivity contribution >= 4 is 11.7 Å². The smallest absolute Gasteiger partial charge is 0.253 e. The van der Waals surface area contributed by atoms with Gasteiger partial charge >= 0.3 is 0 Å². The maximum Gasteiger partial charge on any atom is 0.253 e. The van der Waals surface area contributed by atoms with Crippen LogP contribution in [0.2, 0.25) is 0 Å². The number of para-hydroxylation sites is 1. The molecule has 35 heavy (non-hydrogen) atoms. The zero-order valence-corrected chi connectivity index (χ0v) is 20.2. The molecule has 0 spiro atoms. The van der Waals surface area contributed by atoms with Gasteiger partial charge in [-0.1, -0.05) is 18.2 Å². The quantitative estimate of drug-likeness (QED) is 0.434. The number of amides is 1. The predicted molar refractivity (Wildman–Crippen MR) is 134 cm³/mol. The summed E-state index contributed by atoms with van der Waals surface area (Å²) in [4.78, 5) is 26.4. The Morgan fingerprint density at radius 2 is 1.46 bits per heavy atom. The topological polar surface area (TPSA) is 76.4 Å². The summed E-state index contributed by atoms with van der Waals surface area (Å²) in [6.45, 7) is 8.53. The molecule has 1 fully saturated rings. The molecule has 0 saturated carbocycles. The van der Waals surface area contributed by atoms with Crippen molar-refractivity contribution in [2.45, 2.75) is 20.8 Å². The van der Waals surface area contributed by atoms with Gasteiger partial charge < -0.3 is 14.5 Å². The number of hydrogen-bond acceptors (Lipinski definition) is 6. The molecule has 8 nitrogen and oxygen atoms in total. The molecule has 8 heteroatoms. The molecule has 0 N–H and O–H groups in total. The minimum absolute atomic E-state index is 0.0260. The van der Waals surface area contributed by atoms with Gasteiger partial charge in [-0.2, -0.15) is 5.10 Å². The first-order chi connectivity index (χ1) is 17.0. The highest BCUT2D eigenvalue weighted by Crippen LogP contribution is 2.23. The normalized spacial score (nSPS) is 13.7. The summed E-state index contributed by atoms with van der Waals surface area (Å²) in [5.74, 6) is 3.81. The van der Waals surface area contributed by atoms with E-state index in [0.29, 0.717) is 43.3 Å². The molecule has 2 aromatic carbocycles. The number of piperazine rings is 1. The molecule has 4 aromatic rings. The largest absolute Gasteiger partial charge is 0.457 e. The van der Waals surface area contributed by atoms with Crippen LogP contribution >= 0.6 is 0 Å². The number of aromatic nitrogens is 4. The maximum absolute atomic E-state index is 13.1. The Balaban J connectivity index is 1.23. The molecule has 3 heterocycles. The van der Waals surface area contributed by atoms with E-state index in [-0.39, 0.29) is 5.91 Å². The zero-order valence-electron chi connectivity index (χ0n) is 20.2. The lowest BCUT2D eigenvalue weighted by Gasteiger charge is -2.35. The van der Waals surface area contributed by atoms with E-state index in [1.807, 2.05) is 97.1 Å². The van der Waals surface area contributed by atoms with Gasteiger partial charge in [-0.25, -0.2) is 14.6 Å². The van der Waals surface area contributed by atoms with Crippen molar-refractivity contribution in [3.63, 3.8) is 0 Å². The lowest BCUT2D eigenvalue weighted by atomic mass is 10.1. The lowest BCUT2D eigenvalue weighted by Crippen LogP contribution is -2.49. The van der Waals surface area contributed by atoms with E-state index >= 15 is 0 Å². The van der Waals surface area contributed by atoms with Crippen LogP contribution < -0.4 is 9.64 Å². The average Bonchev–Trinajstić information content (AvgIpc) is 3.22. The molecule has 2 aromatic heterocycles. The van der Waals surface area contributed by atoms with Crippen LogP contribution in [0.4, 0.5) is 5.82 Å². The summed E-state index contributed by atoms with van der Waals surface area (Å²) >= 11 is 0. The summed E-state index contributed by atoms with van der Waals surface area (Å²) in [6.07, 6.45) is 0. The first-order valence-corrected chi connectivity index (χ1v) is 11.7. The highest BCUT2D eigenvalue weighted by Gasteiger charge is 2.24. The van der Waals surface area contributed by atoms with Crippen LogP contribution in [0.25, 0.3) is 5.82 Å². The maximum atomic E-state index is 13.1. The number of benzene rings is 2. The molecule has 0 atom stereocenters. The number of carbonyl (C=O) groups is 1. The highest BCUT2D eigenvalue weighted by molar-refractivity contribution is 5.94. The standard InChI is InChI=1S/C27H28N6O2/c1-19-17-20(2)33(30-19)26-18-25(28-21(3)29-26)31-13-15-32(16-14-31)27(34)22-9-11-24(12-10-22)35-23-7-5-4-6-8-23/h4-12,17-18H,13-16H2,1-3H3. The Bertz CT molecular complexity index is 1330. The first-order valence-electron chi connectivity index (χ1n) is 11.7. The fourth-order valence-electron chi connectivity index (χ4n) is 4.28. The third-order valence-electron chi connectivity index (χ3n) is 6.01. The molecule has 1 amide bonds. The van der Waals surface area contributed by atoms with E-state index < -0.39 is 0 Å². The molecule has 5 rings (SSSR count). The van der Waals surface area contributed by atoms with E-state index in [0.717, 1.165) is 28.8 Å². The molecule has 0 bridgehead atoms. The Morgan fingerprint density at radius 1 is 0.800 bits per heavy atom. The summed E-state index contributed by atoms with van der Waals surface area (Å²) in [7, 11) is 0. The number of hydrogen-bond donors (Lipinski definition) is 0. The van der Waals surface area contributed by atoms with Gasteiger partial charge in [-0.3, -0.25) is 4.79 Å². The van der Waals surface area contributed by atoms with E-state index in [9.17, 15) is 4.79 Å². The van der Waals surface area contributed by atoms with Crippen LogP contribution in [0.3, 0.4) is 0 Å². The lowest BCUT2D eigenvalue weighted by molar-refractivity contribution is 0.0746. The fraction of sp³-hybridized carbons (Fsp3) is 0.259. The Labute approximate surface area is 204 Å². The minimum Gasteiger partial charge on any atom is -0.457 e. The first kappa shape index (κ1) is 22.6. The molecule has 1 aliphatic heterocycles. The number of nitrogens with zero attached hydrogens (tertiary/aromatic N) is 6. The van der Waals surface area contributed by atoms with Crippen molar-refractivity contribution in [2.24, 2.45) is 0 Å². The van der Waals surface area contributed by atoms with Crippen LogP contribution in [-0.4, -0.2) is 56.7 Å². The third kappa shape index (κ3) is 5.01. The van der Waals surface area contributed by atoms with Gasteiger partial charge in [0.2, 0.25) is 0 Å². The van der Waals surface area contributed by atoms with Crippen LogP contribution in [-0.2, 0) is 0 Å². The molecule has 0 unspecified atom stereocenters. The van der Waals surface area contributed by atoms with Crippen LogP contribution in [0.1, 0.15) is 27.6 Å². The van der Waals surface area contributed by atoms with Crippen molar-refractivity contribution < 1.29 is 9.53 Å². The van der Waals surface area contributed by atoms with E-state index in [4.69, 9.17) is 4.74 Å². The van der Waals surface area contributed by atoms with Gasteiger partial charge in [0.05, 0.1) is 5.69 Å². The van der Waals surface area contributed by atoms with Gasteiger partial charge in [0.15, 0.2) is 5.82 Å². The van der Waals surface area contributed by atoms with E-state index in [1.165, 1.54) is 0 Å². The molecular weight excluding hydrogens is 440 g/mol. The molecule has 1 saturated heterocycles. The summed E-state index contributed by atoms with van der Waals surface area (Å²) in [6, 6.07) is 20.9. The number of anilines is 1. The summed E-state index contributed by atoms with van der Waals surface area (Å²) < 4.78 is 7.68. The molecule has 0 radical (unpaired) electrons. The van der Waals surface area contributed by atoms with Crippen LogP contribution in [0.5, 0.6) is 11.5 Å². The molecular formula is C27H28N6O2. The monoisotopic (exact) mass is 468 g/mol. The van der Waals surface area contributed by atoms with Gasteiger partial charge in [0.1, 0.15) is 23.1 Å². The van der Waals surface area contributed by atoms with E-state index in [2.05, 4.69) is 20.0 Å². The van der Waals surface area contributed by atoms with Crippen molar-refractivity contribution in [3.8, 4) is 17.3 Å². The van der Waals surface area contributed by atoms with Crippen LogP contribution in [0, 0.1) is 20.8 Å². The highest BCUT2D eigenvalue weighted by atomic mass is 16.5.